The Morgan fingerprint density at radius 2 is 2.18 bits per heavy atom. The van der Waals surface area contributed by atoms with E-state index in [0.29, 0.717) is 19.4 Å². The molecule has 0 radical (unpaired) electrons. The van der Waals surface area contributed by atoms with Gasteiger partial charge in [0.05, 0.1) is 0 Å². The molecular formula is C7H14N2O2. The van der Waals surface area contributed by atoms with Crippen LogP contribution in [0.15, 0.2) is 0 Å². The van der Waals surface area contributed by atoms with Crippen LogP contribution >= 0.6 is 0 Å². The summed E-state index contributed by atoms with van der Waals surface area (Å²) in [5.74, 6) is -0.874. The van der Waals surface area contributed by atoms with Crippen LogP contribution in [-0.2, 0) is 4.79 Å². The van der Waals surface area contributed by atoms with Crippen molar-refractivity contribution >= 4 is 5.97 Å². The number of hydrogen-bond acceptors (Lipinski definition) is 3. The summed E-state index contributed by atoms with van der Waals surface area (Å²) in [6, 6.07) is 0. The van der Waals surface area contributed by atoms with Crippen molar-refractivity contribution in [3.05, 3.63) is 0 Å². The van der Waals surface area contributed by atoms with E-state index in [1.165, 1.54) is 0 Å². The van der Waals surface area contributed by atoms with Gasteiger partial charge in [0, 0.05) is 0 Å². The van der Waals surface area contributed by atoms with Crippen molar-refractivity contribution < 1.29 is 9.90 Å². The molecular weight excluding hydrogens is 144 g/mol. The predicted molar refractivity (Wildman–Crippen MR) is 41.3 cm³/mol. The van der Waals surface area contributed by atoms with Crippen molar-refractivity contribution in [1.29, 1.82) is 0 Å². The van der Waals surface area contributed by atoms with E-state index in [9.17, 15) is 4.79 Å². The monoisotopic (exact) mass is 158 g/mol. The average molecular weight is 158 g/mol. The molecule has 0 aromatic heterocycles. The highest BCUT2D eigenvalue weighted by Gasteiger charge is 2.33. The lowest BCUT2D eigenvalue weighted by Gasteiger charge is -2.21. The minimum Gasteiger partial charge on any atom is -0.480 e. The summed E-state index contributed by atoms with van der Waals surface area (Å²) >= 11 is 0. The summed E-state index contributed by atoms with van der Waals surface area (Å²) in [4.78, 5) is 10.7. The van der Waals surface area contributed by atoms with Crippen LogP contribution in [0.5, 0.6) is 0 Å². The number of hydrogen-bond donors (Lipinski definition) is 3. The SMILES string of the molecule is N[C@]1(C(=O)O)CCCNCC1. The molecule has 0 spiro atoms. The Morgan fingerprint density at radius 1 is 1.45 bits per heavy atom. The van der Waals surface area contributed by atoms with E-state index in [-0.39, 0.29) is 0 Å². The van der Waals surface area contributed by atoms with Crippen LogP contribution < -0.4 is 11.1 Å². The molecule has 1 aliphatic heterocycles. The fourth-order valence-corrected chi connectivity index (χ4v) is 1.30. The third-order valence-electron chi connectivity index (χ3n) is 2.15. The van der Waals surface area contributed by atoms with E-state index in [1.807, 2.05) is 0 Å². The van der Waals surface area contributed by atoms with E-state index in [1.54, 1.807) is 0 Å². The van der Waals surface area contributed by atoms with Gasteiger partial charge in [0.2, 0.25) is 0 Å². The lowest BCUT2D eigenvalue weighted by Crippen LogP contribution is -2.48. The molecule has 0 saturated carbocycles. The van der Waals surface area contributed by atoms with E-state index in [0.717, 1.165) is 13.0 Å². The highest BCUT2D eigenvalue weighted by atomic mass is 16.4. The number of aliphatic carboxylic acids is 1. The number of carboxylic acid groups (broad SMARTS) is 1. The maximum absolute atomic E-state index is 10.7. The largest absolute Gasteiger partial charge is 0.480 e. The lowest BCUT2D eigenvalue weighted by atomic mass is 9.92. The number of rotatable bonds is 1. The standard InChI is InChI=1S/C7H14N2O2/c8-7(6(10)11)2-1-4-9-5-3-7/h9H,1-5,8H2,(H,10,11)/t7-/m1/s1. The van der Waals surface area contributed by atoms with Crippen molar-refractivity contribution in [3.8, 4) is 0 Å². The molecule has 0 aromatic carbocycles. The number of carbonyl (C=O) groups is 1. The maximum Gasteiger partial charge on any atom is 0.323 e. The smallest absolute Gasteiger partial charge is 0.323 e. The van der Waals surface area contributed by atoms with Crippen LogP contribution in [0.1, 0.15) is 19.3 Å². The predicted octanol–water partition coefficient (Wildman–Crippen LogP) is -0.458. The van der Waals surface area contributed by atoms with Crippen LogP contribution in [0.2, 0.25) is 0 Å². The zero-order valence-electron chi connectivity index (χ0n) is 6.47. The Morgan fingerprint density at radius 3 is 2.82 bits per heavy atom. The topological polar surface area (TPSA) is 75.4 Å². The Balaban J connectivity index is 2.59. The minimum absolute atomic E-state index is 0.530. The van der Waals surface area contributed by atoms with E-state index < -0.39 is 11.5 Å². The van der Waals surface area contributed by atoms with Crippen LogP contribution in [0, 0.1) is 0 Å². The molecule has 1 heterocycles. The van der Waals surface area contributed by atoms with Gasteiger partial charge in [0.25, 0.3) is 0 Å². The van der Waals surface area contributed by atoms with Gasteiger partial charge >= 0.3 is 5.97 Å². The molecule has 0 aromatic rings. The molecule has 0 amide bonds. The average Bonchev–Trinajstić information content (AvgIpc) is 2.15. The Bertz CT molecular complexity index is 151. The lowest BCUT2D eigenvalue weighted by molar-refractivity contribution is -0.143. The first-order chi connectivity index (χ1) is 5.15. The van der Waals surface area contributed by atoms with Gasteiger partial charge in [0.15, 0.2) is 0 Å². The molecule has 1 atom stereocenters. The highest BCUT2D eigenvalue weighted by molar-refractivity contribution is 5.78. The number of nitrogens with one attached hydrogen (secondary N) is 1. The van der Waals surface area contributed by atoms with Gasteiger partial charge in [0.1, 0.15) is 5.54 Å². The first-order valence-corrected chi connectivity index (χ1v) is 3.88. The van der Waals surface area contributed by atoms with Gasteiger partial charge in [-0.1, -0.05) is 0 Å². The summed E-state index contributed by atoms with van der Waals surface area (Å²) in [6.07, 6.45) is 1.96. The molecule has 4 nitrogen and oxygen atoms in total. The number of carboxylic acids is 1. The third-order valence-corrected chi connectivity index (χ3v) is 2.15. The van der Waals surface area contributed by atoms with E-state index in [4.69, 9.17) is 10.8 Å². The summed E-state index contributed by atoms with van der Waals surface area (Å²) in [6.45, 7) is 1.59. The first-order valence-electron chi connectivity index (χ1n) is 3.88. The molecule has 0 aliphatic carbocycles. The second-order valence-corrected chi connectivity index (χ2v) is 3.06. The second-order valence-electron chi connectivity index (χ2n) is 3.06. The molecule has 4 N–H and O–H groups in total. The van der Waals surface area contributed by atoms with Gasteiger partial charge in [-0.3, -0.25) is 4.79 Å². The third kappa shape index (κ3) is 1.91. The minimum atomic E-state index is -0.983. The molecule has 0 unspecified atom stereocenters. The van der Waals surface area contributed by atoms with Crippen LogP contribution in [0.3, 0.4) is 0 Å². The van der Waals surface area contributed by atoms with Gasteiger partial charge in [-0.2, -0.15) is 0 Å². The second kappa shape index (κ2) is 3.19. The normalized spacial score (nSPS) is 32.8. The van der Waals surface area contributed by atoms with Crippen LogP contribution in [-0.4, -0.2) is 29.7 Å². The summed E-state index contributed by atoms with van der Waals surface area (Å²) in [7, 11) is 0. The quantitative estimate of drug-likeness (QED) is 0.483. The molecule has 11 heavy (non-hydrogen) atoms. The van der Waals surface area contributed by atoms with Crippen molar-refractivity contribution in [3.63, 3.8) is 0 Å². The maximum atomic E-state index is 10.7. The van der Waals surface area contributed by atoms with Crippen molar-refractivity contribution in [1.82, 2.24) is 5.32 Å². The summed E-state index contributed by atoms with van der Waals surface area (Å²) < 4.78 is 0. The molecule has 0 bridgehead atoms. The van der Waals surface area contributed by atoms with E-state index in [2.05, 4.69) is 5.32 Å². The molecule has 1 aliphatic rings. The van der Waals surface area contributed by atoms with Gasteiger partial charge in [-0.05, 0) is 32.4 Å². The summed E-state index contributed by atoms with van der Waals surface area (Å²) in [5.41, 5.74) is 4.68. The van der Waals surface area contributed by atoms with Gasteiger partial charge in [-0.15, -0.1) is 0 Å². The van der Waals surface area contributed by atoms with Crippen molar-refractivity contribution in [2.24, 2.45) is 5.73 Å². The fourth-order valence-electron chi connectivity index (χ4n) is 1.30. The summed E-state index contributed by atoms with van der Waals surface area (Å²) in [5, 5.41) is 11.9. The zero-order chi connectivity index (χ0) is 8.32. The zero-order valence-corrected chi connectivity index (χ0v) is 6.47. The fraction of sp³-hybridized carbons (Fsp3) is 0.857. The van der Waals surface area contributed by atoms with Crippen molar-refractivity contribution in [2.75, 3.05) is 13.1 Å². The highest BCUT2D eigenvalue weighted by Crippen LogP contribution is 2.16. The van der Waals surface area contributed by atoms with Crippen LogP contribution in [0.4, 0.5) is 0 Å². The Kier molecular flexibility index (Phi) is 2.46. The Labute approximate surface area is 65.8 Å². The molecule has 1 rings (SSSR count). The van der Waals surface area contributed by atoms with Gasteiger partial charge < -0.3 is 16.2 Å². The van der Waals surface area contributed by atoms with Gasteiger partial charge in [-0.25, -0.2) is 0 Å². The van der Waals surface area contributed by atoms with Crippen LogP contribution in [0.25, 0.3) is 0 Å². The number of nitrogens with two attached hydrogens (primary N) is 1. The molecule has 1 fully saturated rings. The van der Waals surface area contributed by atoms with E-state index >= 15 is 0 Å². The molecule has 1 saturated heterocycles. The first kappa shape index (κ1) is 8.49. The molecule has 4 heteroatoms. The van der Waals surface area contributed by atoms with Crippen molar-refractivity contribution in [2.45, 2.75) is 24.8 Å². The Hall–Kier alpha value is -0.610. The molecule has 64 valence electrons.